The smallest absolute Gasteiger partial charge is 0.350 e. The molecule has 0 saturated heterocycles. The zero-order chi connectivity index (χ0) is 12.3. The van der Waals surface area contributed by atoms with Crippen LogP contribution in [-0.2, 0) is 11.3 Å². The van der Waals surface area contributed by atoms with Gasteiger partial charge >= 0.3 is 5.97 Å². The Bertz CT molecular complexity index is 397. The Morgan fingerprint density at radius 3 is 2.76 bits per heavy atom. The van der Waals surface area contributed by atoms with E-state index in [4.69, 9.17) is 10.5 Å². The second-order valence-corrected chi connectivity index (χ2v) is 5.48. The van der Waals surface area contributed by atoms with Gasteiger partial charge in [-0.25, -0.2) is 9.78 Å². The highest BCUT2D eigenvalue weighted by molar-refractivity contribution is 7.13. The summed E-state index contributed by atoms with van der Waals surface area (Å²) in [7, 11) is 0. The van der Waals surface area contributed by atoms with E-state index in [0.29, 0.717) is 11.4 Å². The van der Waals surface area contributed by atoms with Crippen molar-refractivity contribution in [3.8, 4) is 0 Å². The summed E-state index contributed by atoms with van der Waals surface area (Å²) in [6.45, 7) is 2.20. The molecule has 4 nitrogen and oxygen atoms in total. The molecule has 0 aromatic carbocycles. The van der Waals surface area contributed by atoms with Crippen molar-refractivity contribution in [3.63, 3.8) is 0 Å². The topological polar surface area (TPSA) is 65.2 Å². The maximum absolute atomic E-state index is 12.0. The Hall–Kier alpha value is -0.940. The summed E-state index contributed by atoms with van der Waals surface area (Å²) in [4.78, 5) is 16.8. The number of carbonyl (C=O) groups excluding carboxylic acids is 1. The minimum absolute atomic E-state index is 0.0964. The minimum atomic E-state index is -0.230. The Labute approximate surface area is 105 Å². The molecule has 0 amide bonds. The summed E-state index contributed by atoms with van der Waals surface area (Å²) in [5.41, 5.74) is 6.24. The van der Waals surface area contributed by atoms with Crippen LogP contribution in [0.2, 0.25) is 0 Å². The molecule has 2 rings (SSSR count). The van der Waals surface area contributed by atoms with Crippen LogP contribution >= 0.6 is 11.3 Å². The Kier molecular flexibility index (Phi) is 4.12. The largest absolute Gasteiger partial charge is 0.458 e. The lowest BCUT2D eigenvalue weighted by Crippen LogP contribution is -2.20. The first-order chi connectivity index (χ1) is 8.20. The van der Waals surface area contributed by atoms with E-state index in [2.05, 4.69) is 4.98 Å². The van der Waals surface area contributed by atoms with Crippen LogP contribution in [-0.4, -0.2) is 17.1 Å². The summed E-state index contributed by atoms with van der Waals surface area (Å²) in [6, 6.07) is 0. The van der Waals surface area contributed by atoms with E-state index in [1.807, 2.05) is 6.92 Å². The Morgan fingerprint density at radius 1 is 1.47 bits per heavy atom. The number of thiazole rings is 1. The van der Waals surface area contributed by atoms with Gasteiger partial charge in [-0.3, -0.25) is 0 Å². The van der Waals surface area contributed by atoms with Crippen LogP contribution in [0.15, 0.2) is 0 Å². The van der Waals surface area contributed by atoms with Crippen LogP contribution < -0.4 is 5.73 Å². The van der Waals surface area contributed by atoms with E-state index in [1.165, 1.54) is 17.8 Å². The fraction of sp³-hybridized carbons (Fsp3) is 0.667. The highest BCUT2D eigenvalue weighted by atomic mass is 32.1. The first-order valence-electron chi connectivity index (χ1n) is 6.08. The number of nitrogens with zero attached hydrogens (tertiary/aromatic N) is 1. The maximum atomic E-state index is 12.0. The van der Waals surface area contributed by atoms with Crippen molar-refractivity contribution in [2.24, 2.45) is 5.73 Å². The molecule has 0 radical (unpaired) electrons. The lowest BCUT2D eigenvalue weighted by Gasteiger charge is -2.21. The number of hydrogen-bond acceptors (Lipinski definition) is 5. The molecule has 17 heavy (non-hydrogen) atoms. The fourth-order valence-electron chi connectivity index (χ4n) is 2.12. The third-order valence-corrected chi connectivity index (χ3v) is 4.19. The average molecular weight is 254 g/mol. The average Bonchev–Trinajstić information content (AvgIpc) is 2.72. The number of aromatic nitrogens is 1. The molecule has 0 spiro atoms. The molecule has 1 aliphatic carbocycles. The molecule has 5 heteroatoms. The maximum Gasteiger partial charge on any atom is 0.350 e. The molecule has 1 aromatic heterocycles. The zero-order valence-electron chi connectivity index (χ0n) is 10.1. The van der Waals surface area contributed by atoms with Crippen LogP contribution in [0.1, 0.15) is 52.5 Å². The number of esters is 1. The number of nitrogens with two attached hydrogens (primary N) is 1. The summed E-state index contributed by atoms with van der Waals surface area (Å²) >= 11 is 1.35. The molecule has 1 heterocycles. The second kappa shape index (κ2) is 5.60. The van der Waals surface area contributed by atoms with Gasteiger partial charge in [-0.15, -0.1) is 11.3 Å². The second-order valence-electron chi connectivity index (χ2n) is 4.39. The molecule has 0 atom stereocenters. The van der Waals surface area contributed by atoms with Gasteiger partial charge in [-0.05, 0) is 32.6 Å². The first-order valence-corrected chi connectivity index (χ1v) is 6.89. The SMILES string of the molecule is Cc1nc(CN)sc1C(=O)OC1CCCCC1. The Morgan fingerprint density at radius 2 is 2.18 bits per heavy atom. The molecule has 1 fully saturated rings. The van der Waals surface area contributed by atoms with Crippen molar-refractivity contribution in [2.45, 2.75) is 51.7 Å². The van der Waals surface area contributed by atoms with Crippen molar-refractivity contribution in [1.29, 1.82) is 0 Å². The van der Waals surface area contributed by atoms with E-state index < -0.39 is 0 Å². The quantitative estimate of drug-likeness (QED) is 0.841. The van der Waals surface area contributed by atoms with Crippen LogP contribution in [0, 0.1) is 6.92 Å². The van der Waals surface area contributed by atoms with Crippen molar-refractivity contribution in [3.05, 3.63) is 15.6 Å². The van der Waals surface area contributed by atoms with Gasteiger partial charge in [0, 0.05) is 6.54 Å². The van der Waals surface area contributed by atoms with Gasteiger partial charge in [0.1, 0.15) is 16.0 Å². The number of ether oxygens (including phenoxy) is 1. The van der Waals surface area contributed by atoms with E-state index in [9.17, 15) is 4.79 Å². The lowest BCUT2D eigenvalue weighted by molar-refractivity contribution is 0.0216. The van der Waals surface area contributed by atoms with Gasteiger partial charge in [-0.2, -0.15) is 0 Å². The highest BCUT2D eigenvalue weighted by Crippen LogP contribution is 2.24. The zero-order valence-corrected chi connectivity index (χ0v) is 10.9. The van der Waals surface area contributed by atoms with Gasteiger partial charge in [-0.1, -0.05) is 6.42 Å². The first kappa shape index (κ1) is 12.5. The molecule has 0 bridgehead atoms. The third-order valence-electron chi connectivity index (χ3n) is 3.03. The third kappa shape index (κ3) is 3.04. The van der Waals surface area contributed by atoms with Crippen LogP contribution in [0.4, 0.5) is 0 Å². The van der Waals surface area contributed by atoms with Gasteiger partial charge < -0.3 is 10.5 Å². The van der Waals surface area contributed by atoms with Gasteiger partial charge in [0.25, 0.3) is 0 Å². The Balaban J connectivity index is 2.00. The van der Waals surface area contributed by atoms with E-state index in [1.54, 1.807) is 0 Å². The number of aryl methyl sites for hydroxylation is 1. The van der Waals surface area contributed by atoms with Crippen LogP contribution in [0.5, 0.6) is 0 Å². The highest BCUT2D eigenvalue weighted by Gasteiger charge is 2.22. The number of hydrogen-bond donors (Lipinski definition) is 1. The standard InChI is InChI=1S/C12H18N2O2S/c1-8-11(17-10(7-13)14-8)12(15)16-9-5-3-2-4-6-9/h9H,2-7,13H2,1H3. The number of carbonyl (C=O) groups is 1. The van der Waals surface area contributed by atoms with Crippen molar-refractivity contribution < 1.29 is 9.53 Å². The predicted octanol–water partition coefficient (Wildman–Crippen LogP) is 2.40. The van der Waals surface area contributed by atoms with Crippen molar-refractivity contribution >= 4 is 17.3 Å². The van der Waals surface area contributed by atoms with Gasteiger partial charge in [0.05, 0.1) is 5.69 Å². The molecule has 0 aliphatic heterocycles. The van der Waals surface area contributed by atoms with Crippen molar-refractivity contribution in [1.82, 2.24) is 4.98 Å². The normalized spacial score (nSPS) is 17.1. The molecule has 0 unspecified atom stereocenters. The summed E-state index contributed by atoms with van der Waals surface area (Å²) in [5, 5.41) is 0.790. The predicted molar refractivity (Wildman–Crippen MR) is 67.0 cm³/mol. The molecule has 1 saturated carbocycles. The minimum Gasteiger partial charge on any atom is -0.458 e. The van der Waals surface area contributed by atoms with Crippen LogP contribution in [0.25, 0.3) is 0 Å². The summed E-state index contributed by atoms with van der Waals surface area (Å²) < 4.78 is 5.51. The monoisotopic (exact) mass is 254 g/mol. The van der Waals surface area contributed by atoms with E-state index >= 15 is 0 Å². The molecule has 1 aliphatic rings. The van der Waals surface area contributed by atoms with E-state index in [-0.39, 0.29) is 12.1 Å². The summed E-state index contributed by atoms with van der Waals surface area (Å²) in [6.07, 6.45) is 5.66. The molecule has 1 aromatic rings. The summed E-state index contributed by atoms with van der Waals surface area (Å²) in [5.74, 6) is -0.230. The molecule has 2 N–H and O–H groups in total. The van der Waals surface area contributed by atoms with Gasteiger partial charge in [0.2, 0.25) is 0 Å². The van der Waals surface area contributed by atoms with Gasteiger partial charge in [0.15, 0.2) is 0 Å². The van der Waals surface area contributed by atoms with Crippen LogP contribution in [0.3, 0.4) is 0 Å². The molecule has 94 valence electrons. The van der Waals surface area contributed by atoms with Crippen molar-refractivity contribution in [2.75, 3.05) is 0 Å². The molecular weight excluding hydrogens is 236 g/mol. The van der Waals surface area contributed by atoms with E-state index in [0.717, 1.165) is 36.4 Å². The lowest BCUT2D eigenvalue weighted by atomic mass is 9.98. The fourth-order valence-corrected chi connectivity index (χ4v) is 2.94. The number of rotatable bonds is 3. The molecular formula is C12H18N2O2S.